The van der Waals surface area contributed by atoms with E-state index in [-0.39, 0.29) is 17.9 Å². The molecular weight excluding hydrogens is 280 g/mol. The Hall–Kier alpha value is -0.360. The van der Waals surface area contributed by atoms with Crippen LogP contribution in [0.5, 0.6) is 0 Å². The first-order valence-corrected chi connectivity index (χ1v) is 8.77. The smallest absolute Gasteiger partial charge is 0.249 e. The average molecular weight is 304 g/mol. The van der Waals surface area contributed by atoms with E-state index < -0.39 is 4.08 Å². The molecule has 2 amide bonds. The third-order valence-electron chi connectivity index (χ3n) is 3.29. The standard InChI is InChI=1S/C13H24N2O2S2/c1-5-18-13(3,19-6-2)12(17)15-9-7-8-10(15)11(16)14-4/h10H,5-9H2,1-4H3,(H,14,16). The predicted molar refractivity (Wildman–Crippen MR) is 83.5 cm³/mol. The van der Waals surface area contributed by atoms with Gasteiger partial charge in [0.05, 0.1) is 0 Å². The fraction of sp³-hybridized carbons (Fsp3) is 0.846. The minimum atomic E-state index is -0.472. The minimum absolute atomic E-state index is 0.0452. The molecule has 0 bridgehead atoms. The Labute approximate surface area is 124 Å². The highest BCUT2D eigenvalue weighted by Gasteiger charge is 2.43. The van der Waals surface area contributed by atoms with Gasteiger partial charge in [-0.1, -0.05) is 13.8 Å². The molecule has 1 fully saturated rings. The van der Waals surface area contributed by atoms with Crippen LogP contribution in [0.25, 0.3) is 0 Å². The Morgan fingerprint density at radius 3 is 2.37 bits per heavy atom. The van der Waals surface area contributed by atoms with Crippen LogP contribution in [0.1, 0.15) is 33.6 Å². The van der Waals surface area contributed by atoms with Crippen LogP contribution in [0, 0.1) is 0 Å². The summed E-state index contributed by atoms with van der Waals surface area (Å²) in [7, 11) is 1.63. The van der Waals surface area contributed by atoms with Crippen LogP contribution >= 0.6 is 23.5 Å². The van der Waals surface area contributed by atoms with E-state index in [4.69, 9.17) is 0 Å². The van der Waals surface area contributed by atoms with Gasteiger partial charge < -0.3 is 10.2 Å². The van der Waals surface area contributed by atoms with Gasteiger partial charge in [-0.2, -0.15) is 0 Å². The largest absolute Gasteiger partial charge is 0.357 e. The van der Waals surface area contributed by atoms with Crippen LogP contribution in [-0.4, -0.2) is 51.9 Å². The molecule has 4 nitrogen and oxygen atoms in total. The number of amides is 2. The number of thioether (sulfide) groups is 2. The zero-order chi connectivity index (χ0) is 14.5. The van der Waals surface area contributed by atoms with Crippen LogP contribution in [0.2, 0.25) is 0 Å². The second-order valence-corrected chi connectivity index (χ2v) is 8.21. The van der Waals surface area contributed by atoms with Gasteiger partial charge in [-0.25, -0.2) is 0 Å². The van der Waals surface area contributed by atoms with Crippen molar-refractivity contribution in [2.45, 2.75) is 43.7 Å². The van der Waals surface area contributed by atoms with E-state index in [0.717, 1.165) is 24.3 Å². The van der Waals surface area contributed by atoms with E-state index in [9.17, 15) is 9.59 Å². The summed E-state index contributed by atoms with van der Waals surface area (Å²) in [5.74, 6) is 1.84. The number of rotatable bonds is 6. The normalized spacial score (nSPS) is 19.6. The van der Waals surface area contributed by atoms with Gasteiger partial charge in [0.1, 0.15) is 10.1 Å². The fourth-order valence-electron chi connectivity index (χ4n) is 2.43. The quantitative estimate of drug-likeness (QED) is 0.762. The van der Waals surface area contributed by atoms with Crippen LogP contribution in [-0.2, 0) is 9.59 Å². The maximum absolute atomic E-state index is 12.8. The lowest BCUT2D eigenvalue weighted by molar-refractivity contribution is -0.138. The van der Waals surface area contributed by atoms with Crippen LogP contribution < -0.4 is 5.32 Å². The zero-order valence-corrected chi connectivity index (χ0v) is 13.8. The molecular formula is C13H24N2O2S2. The van der Waals surface area contributed by atoms with Crippen molar-refractivity contribution in [3.8, 4) is 0 Å². The van der Waals surface area contributed by atoms with Gasteiger partial charge in [0.15, 0.2) is 0 Å². The van der Waals surface area contributed by atoms with Gasteiger partial charge in [-0.05, 0) is 31.3 Å². The summed E-state index contributed by atoms with van der Waals surface area (Å²) in [5.41, 5.74) is 0. The van der Waals surface area contributed by atoms with Crippen molar-refractivity contribution in [2.24, 2.45) is 0 Å². The molecule has 0 aromatic heterocycles. The van der Waals surface area contributed by atoms with Crippen molar-refractivity contribution in [1.29, 1.82) is 0 Å². The summed E-state index contributed by atoms with van der Waals surface area (Å²) in [5, 5.41) is 2.66. The summed E-state index contributed by atoms with van der Waals surface area (Å²) in [6.45, 7) is 6.80. The molecule has 1 aliphatic rings. The Morgan fingerprint density at radius 2 is 1.89 bits per heavy atom. The van der Waals surface area contributed by atoms with E-state index in [0.29, 0.717) is 6.54 Å². The van der Waals surface area contributed by atoms with Gasteiger partial charge >= 0.3 is 0 Å². The molecule has 1 unspecified atom stereocenters. The number of nitrogens with one attached hydrogen (secondary N) is 1. The molecule has 1 heterocycles. The van der Waals surface area contributed by atoms with E-state index in [1.165, 1.54) is 0 Å². The van der Waals surface area contributed by atoms with Crippen LogP contribution in [0.15, 0.2) is 0 Å². The molecule has 0 aromatic rings. The first kappa shape index (κ1) is 16.7. The first-order valence-electron chi connectivity index (χ1n) is 6.80. The lowest BCUT2D eigenvalue weighted by atomic mass is 10.2. The molecule has 0 aliphatic carbocycles. The van der Waals surface area contributed by atoms with Crippen molar-refractivity contribution in [1.82, 2.24) is 10.2 Å². The van der Waals surface area contributed by atoms with Gasteiger partial charge in [0.2, 0.25) is 11.8 Å². The minimum Gasteiger partial charge on any atom is -0.357 e. The van der Waals surface area contributed by atoms with Gasteiger partial charge in [-0.3, -0.25) is 9.59 Å². The number of carbonyl (C=O) groups excluding carboxylic acids is 2. The molecule has 19 heavy (non-hydrogen) atoms. The molecule has 1 rings (SSSR count). The summed E-state index contributed by atoms with van der Waals surface area (Å²) in [6, 6.07) is -0.285. The number of hydrogen-bond acceptors (Lipinski definition) is 4. The Morgan fingerprint density at radius 1 is 1.32 bits per heavy atom. The maximum Gasteiger partial charge on any atom is 0.249 e. The third-order valence-corrected chi connectivity index (χ3v) is 6.03. The highest BCUT2D eigenvalue weighted by Crippen LogP contribution is 2.39. The molecule has 1 atom stereocenters. The summed E-state index contributed by atoms with van der Waals surface area (Å²) in [4.78, 5) is 26.4. The SMILES string of the molecule is CCSC(C)(SCC)C(=O)N1CCCC1C(=O)NC. The Bertz CT molecular complexity index is 331. The monoisotopic (exact) mass is 304 g/mol. The Balaban J connectivity index is 2.86. The molecule has 1 N–H and O–H groups in total. The molecule has 0 spiro atoms. The molecule has 6 heteroatoms. The predicted octanol–water partition coefficient (Wildman–Crippen LogP) is 1.95. The number of likely N-dealkylation sites (N-methyl/N-ethyl adjacent to an activating group) is 1. The van der Waals surface area contributed by atoms with Gasteiger partial charge in [-0.15, -0.1) is 23.5 Å². The lowest BCUT2D eigenvalue weighted by Gasteiger charge is -2.33. The maximum atomic E-state index is 12.8. The van der Waals surface area contributed by atoms with E-state index in [1.54, 1.807) is 35.5 Å². The first-order chi connectivity index (χ1) is 9.00. The molecule has 110 valence electrons. The number of likely N-dealkylation sites (tertiary alicyclic amines) is 1. The zero-order valence-electron chi connectivity index (χ0n) is 12.2. The van der Waals surface area contributed by atoms with E-state index in [1.807, 2.05) is 6.92 Å². The summed E-state index contributed by atoms with van der Waals surface area (Å²) >= 11 is 3.32. The number of carbonyl (C=O) groups is 2. The second kappa shape index (κ2) is 7.43. The fourth-order valence-corrected chi connectivity index (χ4v) is 5.05. The van der Waals surface area contributed by atoms with Crippen LogP contribution in [0.4, 0.5) is 0 Å². The van der Waals surface area contributed by atoms with Crippen LogP contribution in [0.3, 0.4) is 0 Å². The third kappa shape index (κ3) is 3.81. The number of hydrogen-bond donors (Lipinski definition) is 1. The number of nitrogens with zero attached hydrogens (tertiary/aromatic N) is 1. The van der Waals surface area contributed by atoms with Gasteiger partial charge in [0, 0.05) is 13.6 Å². The van der Waals surface area contributed by atoms with Crippen molar-refractivity contribution in [3.05, 3.63) is 0 Å². The Kier molecular flexibility index (Phi) is 6.53. The van der Waals surface area contributed by atoms with E-state index >= 15 is 0 Å². The second-order valence-electron chi connectivity index (χ2n) is 4.58. The van der Waals surface area contributed by atoms with Crippen molar-refractivity contribution >= 4 is 35.3 Å². The van der Waals surface area contributed by atoms with Crippen molar-refractivity contribution < 1.29 is 9.59 Å². The molecule has 0 saturated carbocycles. The lowest BCUT2D eigenvalue weighted by Crippen LogP contribution is -2.50. The average Bonchev–Trinajstić information content (AvgIpc) is 2.86. The molecule has 1 aliphatic heterocycles. The molecule has 0 aromatic carbocycles. The van der Waals surface area contributed by atoms with Crippen molar-refractivity contribution in [3.63, 3.8) is 0 Å². The summed E-state index contributed by atoms with van der Waals surface area (Å²) < 4.78 is -0.472. The van der Waals surface area contributed by atoms with E-state index in [2.05, 4.69) is 19.2 Å². The topological polar surface area (TPSA) is 49.4 Å². The highest BCUT2D eigenvalue weighted by atomic mass is 32.2. The molecule has 0 radical (unpaired) electrons. The highest BCUT2D eigenvalue weighted by molar-refractivity contribution is 8.19. The summed E-state index contributed by atoms with van der Waals surface area (Å²) in [6.07, 6.45) is 1.68. The van der Waals surface area contributed by atoms with Gasteiger partial charge in [0.25, 0.3) is 0 Å². The molecule has 1 saturated heterocycles. The van der Waals surface area contributed by atoms with Crippen molar-refractivity contribution in [2.75, 3.05) is 25.1 Å².